The van der Waals surface area contributed by atoms with Gasteiger partial charge in [0.15, 0.2) is 0 Å². The molecule has 0 radical (unpaired) electrons. The van der Waals surface area contributed by atoms with Crippen molar-refractivity contribution in [3.8, 4) is 0 Å². The Morgan fingerprint density at radius 1 is 1.59 bits per heavy atom. The van der Waals surface area contributed by atoms with Crippen molar-refractivity contribution in [1.82, 2.24) is 15.2 Å². The highest BCUT2D eigenvalue weighted by atomic mass is 32.1. The Morgan fingerprint density at radius 2 is 2.41 bits per heavy atom. The van der Waals surface area contributed by atoms with Crippen molar-refractivity contribution >= 4 is 11.3 Å². The zero-order valence-corrected chi connectivity index (χ0v) is 11.9. The van der Waals surface area contributed by atoms with E-state index in [0.29, 0.717) is 6.04 Å². The summed E-state index contributed by atoms with van der Waals surface area (Å²) in [6, 6.07) is 0.703. The maximum atomic E-state index is 4.45. The van der Waals surface area contributed by atoms with Crippen molar-refractivity contribution in [1.29, 1.82) is 0 Å². The van der Waals surface area contributed by atoms with Gasteiger partial charge in [0.1, 0.15) is 5.01 Å². The van der Waals surface area contributed by atoms with Crippen molar-refractivity contribution in [2.75, 3.05) is 19.6 Å². The normalized spacial score (nSPS) is 26.3. The van der Waals surface area contributed by atoms with Crippen molar-refractivity contribution in [2.24, 2.45) is 5.92 Å². The Balaban J connectivity index is 1.85. The lowest BCUT2D eigenvalue weighted by molar-refractivity contribution is 0.142. The van der Waals surface area contributed by atoms with E-state index in [-0.39, 0.29) is 0 Å². The molecule has 0 aromatic carbocycles. The van der Waals surface area contributed by atoms with E-state index in [9.17, 15) is 0 Å². The first-order valence-electron chi connectivity index (χ1n) is 6.56. The lowest BCUT2D eigenvalue weighted by Gasteiger charge is -2.36. The molecule has 3 nitrogen and oxygen atoms in total. The Labute approximate surface area is 108 Å². The van der Waals surface area contributed by atoms with Crippen LogP contribution in [0.15, 0.2) is 6.20 Å². The van der Waals surface area contributed by atoms with Gasteiger partial charge in [-0.25, -0.2) is 4.98 Å². The average molecular weight is 253 g/mol. The van der Waals surface area contributed by atoms with Gasteiger partial charge in [0, 0.05) is 30.2 Å². The van der Waals surface area contributed by atoms with Gasteiger partial charge >= 0.3 is 0 Å². The molecule has 0 saturated carbocycles. The number of aromatic nitrogens is 1. The summed E-state index contributed by atoms with van der Waals surface area (Å²) in [6.45, 7) is 11.2. The van der Waals surface area contributed by atoms with Crippen molar-refractivity contribution < 1.29 is 0 Å². The summed E-state index contributed by atoms with van der Waals surface area (Å²) < 4.78 is 0. The highest BCUT2D eigenvalue weighted by molar-refractivity contribution is 7.11. The van der Waals surface area contributed by atoms with Crippen LogP contribution in [0.3, 0.4) is 0 Å². The largest absolute Gasteiger partial charge is 0.314 e. The van der Waals surface area contributed by atoms with Gasteiger partial charge in [-0.2, -0.15) is 0 Å². The lowest BCUT2D eigenvalue weighted by atomic mass is 9.94. The van der Waals surface area contributed by atoms with E-state index in [2.05, 4.69) is 36.0 Å². The summed E-state index contributed by atoms with van der Waals surface area (Å²) >= 11 is 1.83. The number of thiazole rings is 1. The Kier molecular flexibility index (Phi) is 4.54. The summed E-state index contributed by atoms with van der Waals surface area (Å²) in [5, 5.41) is 4.84. The van der Waals surface area contributed by atoms with E-state index in [1.807, 2.05) is 17.5 Å². The van der Waals surface area contributed by atoms with Gasteiger partial charge in [-0.05, 0) is 25.8 Å². The summed E-state index contributed by atoms with van der Waals surface area (Å²) in [4.78, 5) is 8.31. The molecule has 2 unspecified atom stereocenters. The Hall–Kier alpha value is -0.450. The van der Waals surface area contributed by atoms with Gasteiger partial charge in [-0.1, -0.05) is 13.8 Å². The van der Waals surface area contributed by atoms with Crippen LogP contribution in [0, 0.1) is 12.8 Å². The summed E-state index contributed by atoms with van der Waals surface area (Å²) in [5.74, 6) is 0.741. The van der Waals surface area contributed by atoms with Crippen molar-refractivity contribution in [2.45, 2.75) is 39.8 Å². The number of rotatable bonds is 4. The minimum atomic E-state index is 0.703. The van der Waals surface area contributed by atoms with Gasteiger partial charge in [0.25, 0.3) is 0 Å². The SMILES string of the molecule is CCNC1CCN(Cc2ncc(C)s2)CC1C. The zero-order chi connectivity index (χ0) is 12.3. The number of hydrogen-bond acceptors (Lipinski definition) is 4. The van der Waals surface area contributed by atoms with Crippen molar-refractivity contribution in [3.05, 3.63) is 16.1 Å². The number of hydrogen-bond donors (Lipinski definition) is 1. The standard InChI is InChI=1S/C13H23N3S/c1-4-14-12-5-6-16(8-10(12)2)9-13-15-7-11(3)17-13/h7,10,12,14H,4-6,8-9H2,1-3H3. The van der Waals surface area contributed by atoms with E-state index >= 15 is 0 Å². The molecule has 2 rings (SSSR count). The second-order valence-electron chi connectivity index (χ2n) is 5.03. The molecule has 1 N–H and O–H groups in total. The number of piperidine rings is 1. The maximum absolute atomic E-state index is 4.45. The van der Waals surface area contributed by atoms with Crippen LogP contribution in [0.5, 0.6) is 0 Å². The predicted molar refractivity (Wildman–Crippen MR) is 73.4 cm³/mol. The van der Waals surface area contributed by atoms with Gasteiger partial charge in [-0.15, -0.1) is 11.3 Å². The molecule has 1 fully saturated rings. The highest BCUT2D eigenvalue weighted by Gasteiger charge is 2.25. The van der Waals surface area contributed by atoms with Crippen LogP contribution in [-0.4, -0.2) is 35.6 Å². The molecule has 1 aliphatic heterocycles. The number of nitrogens with zero attached hydrogens (tertiary/aromatic N) is 2. The van der Waals surface area contributed by atoms with Crippen LogP contribution in [0.2, 0.25) is 0 Å². The molecular formula is C13H23N3S. The second kappa shape index (κ2) is 5.94. The first-order chi connectivity index (χ1) is 8.19. The van der Waals surface area contributed by atoms with E-state index in [1.165, 1.54) is 29.4 Å². The molecule has 0 spiro atoms. The Bertz CT molecular complexity index is 350. The van der Waals surface area contributed by atoms with Crippen LogP contribution in [0.1, 0.15) is 30.2 Å². The third kappa shape index (κ3) is 3.50. The third-order valence-electron chi connectivity index (χ3n) is 3.48. The fourth-order valence-electron chi connectivity index (χ4n) is 2.61. The van der Waals surface area contributed by atoms with Gasteiger partial charge in [-0.3, -0.25) is 4.90 Å². The van der Waals surface area contributed by atoms with E-state index < -0.39 is 0 Å². The average Bonchev–Trinajstić information content (AvgIpc) is 2.68. The molecule has 2 atom stereocenters. The summed E-state index contributed by atoms with van der Waals surface area (Å²) in [7, 11) is 0. The topological polar surface area (TPSA) is 28.2 Å². The quantitative estimate of drug-likeness (QED) is 0.892. The first-order valence-corrected chi connectivity index (χ1v) is 7.37. The first kappa shape index (κ1) is 13.0. The monoisotopic (exact) mass is 253 g/mol. The van der Waals surface area contributed by atoms with Gasteiger partial charge in [0.2, 0.25) is 0 Å². The van der Waals surface area contributed by atoms with Gasteiger partial charge < -0.3 is 5.32 Å². The molecule has 1 aromatic heterocycles. The molecule has 0 bridgehead atoms. The highest BCUT2D eigenvalue weighted by Crippen LogP contribution is 2.20. The van der Waals surface area contributed by atoms with Crippen LogP contribution in [0.25, 0.3) is 0 Å². The number of likely N-dealkylation sites (tertiary alicyclic amines) is 1. The van der Waals surface area contributed by atoms with Crippen LogP contribution < -0.4 is 5.32 Å². The molecule has 17 heavy (non-hydrogen) atoms. The maximum Gasteiger partial charge on any atom is 0.107 e. The second-order valence-corrected chi connectivity index (χ2v) is 6.35. The molecular weight excluding hydrogens is 230 g/mol. The molecule has 96 valence electrons. The van der Waals surface area contributed by atoms with Gasteiger partial charge in [0.05, 0.1) is 6.54 Å². The molecule has 0 aliphatic carbocycles. The third-order valence-corrected chi connectivity index (χ3v) is 4.38. The Morgan fingerprint density at radius 3 is 3.00 bits per heavy atom. The van der Waals surface area contributed by atoms with E-state index in [1.54, 1.807) is 0 Å². The zero-order valence-electron chi connectivity index (χ0n) is 11.1. The fraction of sp³-hybridized carbons (Fsp3) is 0.769. The summed E-state index contributed by atoms with van der Waals surface area (Å²) in [5.41, 5.74) is 0. The van der Waals surface area contributed by atoms with Crippen molar-refractivity contribution in [3.63, 3.8) is 0 Å². The lowest BCUT2D eigenvalue weighted by Crippen LogP contribution is -2.47. The molecule has 0 amide bonds. The minimum Gasteiger partial charge on any atom is -0.314 e. The van der Waals surface area contributed by atoms with Crippen LogP contribution in [-0.2, 0) is 6.54 Å². The summed E-state index contributed by atoms with van der Waals surface area (Å²) in [6.07, 6.45) is 3.24. The molecule has 4 heteroatoms. The fourth-order valence-corrected chi connectivity index (χ4v) is 3.44. The predicted octanol–water partition coefficient (Wildman–Crippen LogP) is 2.27. The van der Waals surface area contributed by atoms with E-state index in [0.717, 1.165) is 19.0 Å². The molecule has 1 aromatic rings. The molecule has 1 saturated heterocycles. The molecule has 1 aliphatic rings. The van der Waals surface area contributed by atoms with Crippen LogP contribution >= 0.6 is 11.3 Å². The number of nitrogens with one attached hydrogen (secondary N) is 1. The van der Waals surface area contributed by atoms with Crippen LogP contribution in [0.4, 0.5) is 0 Å². The minimum absolute atomic E-state index is 0.703. The molecule has 2 heterocycles. The number of aryl methyl sites for hydroxylation is 1. The smallest absolute Gasteiger partial charge is 0.107 e. The van der Waals surface area contributed by atoms with E-state index in [4.69, 9.17) is 0 Å².